The number of hydrogen-bond acceptors (Lipinski definition) is 3. The molecule has 108 valence electrons. The molecule has 2 rings (SSSR count). The van der Waals surface area contributed by atoms with Crippen molar-refractivity contribution in [2.45, 2.75) is 31.2 Å². The highest BCUT2D eigenvalue weighted by atomic mass is 35.5. The van der Waals surface area contributed by atoms with Crippen molar-refractivity contribution >= 4 is 29.1 Å². The third kappa shape index (κ3) is 3.29. The van der Waals surface area contributed by atoms with Gasteiger partial charge in [0.2, 0.25) is 5.91 Å². The van der Waals surface area contributed by atoms with E-state index >= 15 is 0 Å². The molecule has 0 bridgehead atoms. The molecular weight excluding hydrogens is 278 g/mol. The maximum atomic E-state index is 12.0. The van der Waals surface area contributed by atoms with Crippen molar-refractivity contribution < 1.29 is 9.59 Å². The van der Waals surface area contributed by atoms with Crippen LogP contribution in [0.5, 0.6) is 0 Å². The van der Waals surface area contributed by atoms with Crippen molar-refractivity contribution in [3.63, 3.8) is 0 Å². The normalized spacial score (nSPS) is 16.1. The van der Waals surface area contributed by atoms with Gasteiger partial charge in [-0.15, -0.1) is 0 Å². The quantitative estimate of drug-likeness (QED) is 0.793. The maximum Gasteiger partial charge on any atom is 0.251 e. The molecule has 0 radical (unpaired) electrons. The second-order valence-corrected chi connectivity index (χ2v) is 5.62. The van der Waals surface area contributed by atoms with Crippen LogP contribution < -0.4 is 16.4 Å². The molecule has 1 aliphatic carbocycles. The molecule has 0 aromatic heterocycles. The largest absolute Gasteiger partial charge is 0.355 e. The van der Waals surface area contributed by atoms with Gasteiger partial charge in [0.1, 0.15) is 0 Å². The lowest BCUT2D eigenvalue weighted by atomic mass is 9.75. The van der Waals surface area contributed by atoms with Gasteiger partial charge in [0.05, 0.1) is 10.7 Å². The number of halogens is 1. The highest BCUT2D eigenvalue weighted by Gasteiger charge is 2.34. The van der Waals surface area contributed by atoms with Gasteiger partial charge in [-0.25, -0.2) is 0 Å². The predicted octanol–water partition coefficient (Wildman–Crippen LogP) is 1.91. The molecule has 0 heterocycles. The van der Waals surface area contributed by atoms with E-state index in [-0.39, 0.29) is 23.8 Å². The zero-order chi connectivity index (χ0) is 14.8. The first kappa shape index (κ1) is 14.8. The summed E-state index contributed by atoms with van der Waals surface area (Å²) in [4.78, 5) is 23.5. The van der Waals surface area contributed by atoms with E-state index in [1.165, 1.54) is 0 Å². The van der Waals surface area contributed by atoms with Gasteiger partial charge in [-0.05, 0) is 37.5 Å². The smallest absolute Gasteiger partial charge is 0.251 e. The third-order valence-corrected chi connectivity index (χ3v) is 3.92. The third-order valence-electron chi connectivity index (χ3n) is 3.59. The molecule has 4 N–H and O–H groups in total. The van der Waals surface area contributed by atoms with Crippen LogP contribution in [-0.4, -0.2) is 24.4 Å². The van der Waals surface area contributed by atoms with Crippen molar-refractivity contribution in [1.29, 1.82) is 0 Å². The molecule has 6 heteroatoms. The fourth-order valence-corrected chi connectivity index (χ4v) is 2.39. The lowest BCUT2D eigenvalue weighted by Crippen LogP contribution is -2.48. The molecule has 1 aromatic carbocycles. The molecule has 0 saturated heterocycles. The van der Waals surface area contributed by atoms with Gasteiger partial charge >= 0.3 is 0 Å². The molecule has 0 spiro atoms. The van der Waals surface area contributed by atoms with Gasteiger partial charge in [0, 0.05) is 24.6 Å². The molecule has 0 aliphatic heterocycles. The molecule has 5 nitrogen and oxygen atoms in total. The van der Waals surface area contributed by atoms with Crippen molar-refractivity contribution in [2.24, 2.45) is 5.73 Å². The standard InChI is InChI=1S/C14H18ClN3O2/c1-17-13(20)9-3-4-10(15)11(7-9)18-12(19)8-14(16)5-2-6-14/h3-4,7H,2,5-6,8,16H2,1H3,(H,17,20)(H,18,19). The summed E-state index contributed by atoms with van der Waals surface area (Å²) < 4.78 is 0. The van der Waals surface area contributed by atoms with E-state index in [2.05, 4.69) is 10.6 Å². The Morgan fingerprint density at radius 2 is 2.10 bits per heavy atom. The monoisotopic (exact) mass is 295 g/mol. The van der Waals surface area contributed by atoms with E-state index in [4.69, 9.17) is 17.3 Å². The van der Waals surface area contributed by atoms with Gasteiger partial charge in [-0.3, -0.25) is 9.59 Å². The molecule has 2 amide bonds. The lowest BCUT2D eigenvalue weighted by Gasteiger charge is -2.37. The second kappa shape index (κ2) is 5.81. The Hall–Kier alpha value is -1.59. The van der Waals surface area contributed by atoms with Crippen LogP contribution in [0.2, 0.25) is 5.02 Å². The minimum atomic E-state index is -0.380. The van der Waals surface area contributed by atoms with Crippen molar-refractivity contribution in [3.8, 4) is 0 Å². The number of carbonyl (C=O) groups excluding carboxylic acids is 2. The predicted molar refractivity (Wildman–Crippen MR) is 78.9 cm³/mol. The van der Waals surface area contributed by atoms with Gasteiger partial charge in [0.25, 0.3) is 5.91 Å². The lowest BCUT2D eigenvalue weighted by molar-refractivity contribution is -0.118. The molecular formula is C14H18ClN3O2. The average molecular weight is 296 g/mol. The molecule has 1 fully saturated rings. The summed E-state index contributed by atoms with van der Waals surface area (Å²) in [5.41, 5.74) is 6.53. The fraction of sp³-hybridized carbons (Fsp3) is 0.429. The van der Waals surface area contributed by atoms with Crippen LogP contribution in [0.3, 0.4) is 0 Å². The van der Waals surface area contributed by atoms with E-state index in [0.29, 0.717) is 16.3 Å². The van der Waals surface area contributed by atoms with Crippen LogP contribution in [0.15, 0.2) is 18.2 Å². The van der Waals surface area contributed by atoms with Crippen LogP contribution >= 0.6 is 11.6 Å². The number of rotatable bonds is 4. The van der Waals surface area contributed by atoms with Crippen LogP contribution in [0, 0.1) is 0 Å². The summed E-state index contributed by atoms with van der Waals surface area (Å²) in [5, 5.41) is 5.64. The summed E-state index contributed by atoms with van der Waals surface area (Å²) in [5.74, 6) is -0.408. The summed E-state index contributed by atoms with van der Waals surface area (Å²) in [6.07, 6.45) is 3.07. The number of anilines is 1. The Kier molecular flexibility index (Phi) is 4.30. The van der Waals surface area contributed by atoms with E-state index in [1.807, 2.05) is 0 Å². The van der Waals surface area contributed by atoms with Gasteiger partial charge in [-0.1, -0.05) is 11.6 Å². The van der Waals surface area contributed by atoms with Crippen molar-refractivity contribution in [2.75, 3.05) is 12.4 Å². The maximum absolute atomic E-state index is 12.0. The summed E-state index contributed by atoms with van der Waals surface area (Å²) in [7, 11) is 1.55. The number of nitrogens with two attached hydrogens (primary N) is 1. The zero-order valence-electron chi connectivity index (χ0n) is 11.3. The van der Waals surface area contributed by atoms with Crippen molar-refractivity contribution in [1.82, 2.24) is 5.32 Å². The minimum Gasteiger partial charge on any atom is -0.355 e. The minimum absolute atomic E-state index is 0.178. The number of nitrogens with one attached hydrogen (secondary N) is 2. The topological polar surface area (TPSA) is 84.2 Å². The first-order chi connectivity index (χ1) is 9.43. The van der Waals surface area contributed by atoms with Crippen LogP contribution in [0.1, 0.15) is 36.0 Å². The van der Waals surface area contributed by atoms with E-state index in [9.17, 15) is 9.59 Å². The van der Waals surface area contributed by atoms with E-state index in [0.717, 1.165) is 19.3 Å². The Morgan fingerprint density at radius 1 is 1.40 bits per heavy atom. The first-order valence-electron chi connectivity index (χ1n) is 6.54. The Labute approximate surface area is 122 Å². The summed E-state index contributed by atoms with van der Waals surface area (Å²) in [6.45, 7) is 0. The SMILES string of the molecule is CNC(=O)c1ccc(Cl)c(NC(=O)CC2(N)CCC2)c1. The number of benzene rings is 1. The molecule has 0 unspecified atom stereocenters. The van der Waals surface area contributed by atoms with Crippen LogP contribution in [0.25, 0.3) is 0 Å². The van der Waals surface area contributed by atoms with Gasteiger partial charge in [0.15, 0.2) is 0 Å². The fourth-order valence-electron chi connectivity index (χ4n) is 2.23. The molecule has 0 atom stereocenters. The number of amides is 2. The first-order valence-corrected chi connectivity index (χ1v) is 6.92. The molecule has 20 heavy (non-hydrogen) atoms. The van der Waals surface area contributed by atoms with Crippen molar-refractivity contribution in [3.05, 3.63) is 28.8 Å². The Bertz CT molecular complexity index is 541. The summed E-state index contributed by atoms with van der Waals surface area (Å²) >= 11 is 6.03. The average Bonchev–Trinajstić information content (AvgIpc) is 2.38. The second-order valence-electron chi connectivity index (χ2n) is 5.21. The zero-order valence-corrected chi connectivity index (χ0v) is 12.1. The summed E-state index contributed by atoms with van der Waals surface area (Å²) in [6, 6.07) is 4.75. The Balaban J connectivity index is 2.07. The van der Waals surface area contributed by atoms with Gasteiger partial charge in [-0.2, -0.15) is 0 Å². The molecule has 1 aromatic rings. The Morgan fingerprint density at radius 3 is 2.65 bits per heavy atom. The highest BCUT2D eigenvalue weighted by molar-refractivity contribution is 6.33. The van der Waals surface area contributed by atoms with Gasteiger partial charge < -0.3 is 16.4 Å². The number of carbonyl (C=O) groups is 2. The van der Waals surface area contributed by atoms with Crippen LogP contribution in [-0.2, 0) is 4.79 Å². The number of hydrogen-bond donors (Lipinski definition) is 3. The van der Waals surface area contributed by atoms with Crippen LogP contribution in [0.4, 0.5) is 5.69 Å². The van der Waals surface area contributed by atoms with E-state index in [1.54, 1.807) is 25.2 Å². The highest BCUT2D eigenvalue weighted by Crippen LogP contribution is 2.32. The molecule has 1 saturated carbocycles. The molecule has 1 aliphatic rings. The van der Waals surface area contributed by atoms with E-state index < -0.39 is 0 Å².